The van der Waals surface area contributed by atoms with Crippen LogP contribution in [0.3, 0.4) is 0 Å². The first-order valence-electron chi connectivity index (χ1n) is 14.1. The van der Waals surface area contributed by atoms with Gasteiger partial charge in [-0.25, -0.2) is 0 Å². The molecule has 5 nitrogen and oxygen atoms in total. The Morgan fingerprint density at radius 1 is 1.08 bits per heavy atom. The first-order valence-corrected chi connectivity index (χ1v) is 21.0. The second-order valence-electron chi connectivity index (χ2n) is 14.3. The van der Waals surface area contributed by atoms with E-state index in [2.05, 4.69) is 89.1 Å². The van der Waals surface area contributed by atoms with Gasteiger partial charge in [-0.3, -0.25) is 0 Å². The number of hydrogen-bond acceptors (Lipinski definition) is 5. The molecule has 1 heterocycles. The summed E-state index contributed by atoms with van der Waals surface area (Å²) in [5.41, 5.74) is 1.25. The number of methoxy groups -OCH3 is 1. The Labute approximate surface area is 228 Å². The minimum atomic E-state index is -1.74. The van der Waals surface area contributed by atoms with E-state index in [0.29, 0.717) is 24.5 Å². The molecule has 6 atom stereocenters. The van der Waals surface area contributed by atoms with Gasteiger partial charge in [0.25, 0.3) is 0 Å². The van der Waals surface area contributed by atoms with Gasteiger partial charge in [-0.2, -0.15) is 0 Å². The van der Waals surface area contributed by atoms with Crippen molar-refractivity contribution in [3.05, 3.63) is 42.5 Å². The maximum atomic E-state index is 7.11. The standard InChI is InChI=1S/C29H50BNO4Si2/c1-12-22(20-33-19-21-13-15-24(32-5)16-14-21)27(31(36(6,7)8)37(9,10)11)30-34-26-18-23-17-25(28(23,2)3)29(26,4)35-30/h12-16,22-23,25-27H,1,17-20H2,2-11H3/t22?,23-,25-,26+,27?,29-/m0/s1. The van der Waals surface area contributed by atoms with Crippen molar-refractivity contribution in [2.24, 2.45) is 23.2 Å². The molecule has 206 valence electrons. The predicted molar refractivity (Wildman–Crippen MR) is 159 cm³/mol. The Balaban J connectivity index is 1.59. The lowest BCUT2D eigenvalue weighted by Gasteiger charge is -2.64. The normalized spacial score (nSPS) is 30.5. The molecule has 0 radical (unpaired) electrons. The average Bonchev–Trinajstić information content (AvgIpc) is 3.16. The summed E-state index contributed by atoms with van der Waals surface area (Å²) in [6, 6.07) is 8.11. The summed E-state index contributed by atoms with van der Waals surface area (Å²) in [6.07, 6.45) is 4.64. The molecule has 1 aliphatic heterocycles. The summed E-state index contributed by atoms with van der Waals surface area (Å²) >= 11 is 0. The molecule has 0 N–H and O–H groups in total. The van der Waals surface area contributed by atoms with Crippen molar-refractivity contribution in [3.63, 3.8) is 0 Å². The number of nitrogens with zero attached hydrogens (tertiary/aromatic N) is 1. The van der Waals surface area contributed by atoms with E-state index in [1.54, 1.807) is 7.11 Å². The molecule has 1 aromatic carbocycles. The lowest BCUT2D eigenvalue weighted by atomic mass is 9.43. The Hall–Kier alpha value is -0.901. The number of rotatable bonds is 11. The van der Waals surface area contributed by atoms with Crippen molar-refractivity contribution in [1.29, 1.82) is 0 Å². The van der Waals surface area contributed by atoms with E-state index in [1.165, 1.54) is 6.42 Å². The molecule has 2 bridgehead atoms. The first-order chi connectivity index (χ1) is 17.1. The molecule has 37 heavy (non-hydrogen) atoms. The van der Waals surface area contributed by atoms with Crippen LogP contribution in [-0.2, 0) is 20.7 Å². The van der Waals surface area contributed by atoms with Crippen LogP contribution < -0.4 is 4.74 Å². The van der Waals surface area contributed by atoms with Crippen molar-refractivity contribution in [2.75, 3.05) is 13.7 Å². The second kappa shape index (κ2) is 10.3. The molecular formula is C29H50BNO4Si2. The number of ether oxygens (including phenoxy) is 2. The van der Waals surface area contributed by atoms with Gasteiger partial charge in [-0.15, -0.1) is 6.58 Å². The molecule has 0 aromatic heterocycles. The van der Waals surface area contributed by atoms with Crippen LogP contribution in [0.5, 0.6) is 5.75 Å². The summed E-state index contributed by atoms with van der Waals surface area (Å²) in [7, 11) is -2.05. The van der Waals surface area contributed by atoms with Crippen molar-refractivity contribution in [2.45, 2.75) is 97.1 Å². The molecule has 0 amide bonds. The van der Waals surface area contributed by atoms with Crippen LogP contribution in [0.4, 0.5) is 0 Å². The summed E-state index contributed by atoms with van der Waals surface area (Å²) in [5.74, 6) is 2.35. The smallest absolute Gasteiger partial charge is 0.475 e. The van der Waals surface area contributed by atoms with E-state index < -0.39 is 16.5 Å². The second-order valence-corrected chi connectivity index (χ2v) is 24.4. The zero-order valence-electron chi connectivity index (χ0n) is 25.0. The van der Waals surface area contributed by atoms with Gasteiger partial charge in [-0.05, 0) is 54.7 Å². The SMILES string of the molecule is C=CC(COCc1ccc(OC)cc1)C(B1O[C@@H]2C[C@@H]3C[C@@H](C3(C)C)[C@]2(C)O1)N([Si](C)(C)C)[Si](C)(C)C. The molecule has 4 aliphatic rings. The summed E-state index contributed by atoms with van der Waals surface area (Å²) < 4.78 is 28.5. The van der Waals surface area contributed by atoms with Gasteiger partial charge in [0.1, 0.15) is 22.2 Å². The molecular weight excluding hydrogens is 493 g/mol. The Morgan fingerprint density at radius 2 is 1.70 bits per heavy atom. The predicted octanol–water partition coefficient (Wildman–Crippen LogP) is 6.62. The van der Waals surface area contributed by atoms with Gasteiger partial charge in [0.15, 0.2) is 0 Å². The van der Waals surface area contributed by atoms with Crippen molar-refractivity contribution >= 4 is 23.6 Å². The van der Waals surface area contributed by atoms with Crippen LogP contribution in [0.1, 0.15) is 39.2 Å². The molecule has 3 saturated carbocycles. The quantitative estimate of drug-likeness (QED) is 0.232. The van der Waals surface area contributed by atoms with E-state index in [-0.39, 0.29) is 30.7 Å². The largest absolute Gasteiger partial charge is 0.497 e. The van der Waals surface area contributed by atoms with Crippen molar-refractivity contribution in [1.82, 2.24) is 4.23 Å². The summed E-state index contributed by atoms with van der Waals surface area (Å²) in [5, 5.41) is 0. The molecule has 8 heteroatoms. The van der Waals surface area contributed by atoms with Crippen LogP contribution in [0, 0.1) is 23.2 Å². The lowest BCUT2D eigenvalue weighted by Crippen LogP contribution is -2.69. The zero-order valence-corrected chi connectivity index (χ0v) is 27.0. The Morgan fingerprint density at radius 3 is 2.22 bits per heavy atom. The molecule has 1 saturated heterocycles. The topological polar surface area (TPSA) is 40.2 Å². The fourth-order valence-corrected chi connectivity index (χ4v) is 18.3. The highest BCUT2D eigenvalue weighted by atomic mass is 28.4. The van der Waals surface area contributed by atoms with E-state index in [0.717, 1.165) is 23.7 Å². The molecule has 2 unspecified atom stereocenters. The zero-order chi connectivity index (χ0) is 27.4. The molecule has 5 rings (SSSR count). The van der Waals surface area contributed by atoms with Gasteiger partial charge in [0.05, 0.1) is 32.0 Å². The third-order valence-corrected chi connectivity index (χ3v) is 17.0. The van der Waals surface area contributed by atoms with Crippen LogP contribution in [0.15, 0.2) is 36.9 Å². The Bertz CT molecular complexity index is 946. The fraction of sp³-hybridized carbons (Fsp3) is 0.724. The first kappa shape index (κ1) is 29.1. The van der Waals surface area contributed by atoms with Gasteiger partial charge in [-0.1, -0.05) is 71.3 Å². The summed E-state index contributed by atoms with van der Waals surface area (Å²) in [6.45, 7) is 27.4. The van der Waals surface area contributed by atoms with Crippen LogP contribution in [0.25, 0.3) is 0 Å². The third kappa shape index (κ3) is 5.44. The van der Waals surface area contributed by atoms with E-state index in [1.807, 2.05) is 12.1 Å². The number of hydrogen-bond donors (Lipinski definition) is 0. The fourth-order valence-electron chi connectivity index (χ4n) is 7.80. The maximum Gasteiger partial charge on any atom is 0.475 e. The lowest BCUT2D eigenvalue weighted by molar-refractivity contribution is -0.199. The van der Waals surface area contributed by atoms with Crippen LogP contribution in [0.2, 0.25) is 39.3 Å². The highest BCUT2D eigenvalue weighted by Crippen LogP contribution is 2.66. The van der Waals surface area contributed by atoms with E-state index in [4.69, 9.17) is 18.8 Å². The van der Waals surface area contributed by atoms with Gasteiger partial charge in [0.2, 0.25) is 0 Å². The molecule has 0 spiro atoms. The number of benzene rings is 1. The van der Waals surface area contributed by atoms with Crippen molar-refractivity contribution < 1.29 is 18.8 Å². The van der Waals surface area contributed by atoms with E-state index in [9.17, 15) is 0 Å². The van der Waals surface area contributed by atoms with E-state index >= 15 is 0 Å². The minimum absolute atomic E-state index is 0.0921. The third-order valence-electron chi connectivity index (χ3n) is 9.47. The molecule has 3 aliphatic carbocycles. The molecule has 1 aromatic rings. The van der Waals surface area contributed by atoms with Crippen LogP contribution >= 0.6 is 0 Å². The Kier molecular flexibility index (Phi) is 8.06. The van der Waals surface area contributed by atoms with Gasteiger partial charge in [0, 0.05) is 11.9 Å². The average molecular weight is 544 g/mol. The highest BCUT2D eigenvalue weighted by molar-refractivity contribution is 6.90. The minimum Gasteiger partial charge on any atom is -0.497 e. The van der Waals surface area contributed by atoms with Crippen LogP contribution in [-0.4, -0.2) is 59.2 Å². The highest BCUT2D eigenvalue weighted by Gasteiger charge is 2.69. The van der Waals surface area contributed by atoms with Crippen molar-refractivity contribution in [3.8, 4) is 5.75 Å². The monoisotopic (exact) mass is 543 g/mol. The molecule has 4 fully saturated rings. The summed E-state index contributed by atoms with van der Waals surface area (Å²) in [4.78, 5) is 0. The van der Waals surface area contributed by atoms with Gasteiger partial charge < -0.3 is 23.0 Å². The van der Waals surface area contributed by atoms with Gasteiger partial charge >= 0.3 is 7.12 Å². The maximum absolute atomic E-state index is 7.11.